The minimum Gasteiger partial charge on any atom is -0.463 e. The lowest BCUT2D eigenvalue weighted by Crippen LogP contribution is -2.32. The Kier molecular flexibility index (Phi) is 6.16. The van der Waals surface area contributed by atoms with Gasteiger partial charge in [-0.15, -0.1) is 11.3 Å². The van der Waals surface area contributed by atoms with Gasteiger partial charge in [0.1, 0.15) is 0 Å². The number of nitro benzene ring substituents is 1. The summed E-state index contributed by atoms with van der Waals surface area (Å²) < 4.78 is 32.0. The minimum absolute atomic E-state index is 0.0383. The van der Waals surface area contributed by atoms with Crippen molar-refractivity contribution >= 4 is 38.5 Å². The average Bonchev–Trinajstić information content (AvgIpc) is 3.25. The van der Waals surface area contributed by atoms with Crippen molar-refractivity contribution in [3.05, 3.63) is 78.5 Å². The van der Waals surface area contributed by atoms with Crippen molar-refractivity contribution in [2.75, 3.05) is 12.4 Å². The molecule has 32 heavy (non-hydrogen) atoms. The van der Waals surface area contributed by atoms with E-state index in [2.05, 4.69) is 5.32 Å². The first-order valence-electron chi connectivity index (χ1n) is 10.3. The Morgan fingerprint density at radius 2 is 2.09 bits per heavy atom. The second kappa shape index (κ2) is 8.87. The van der Waals surface area contributed by atoms with Crippen molar-refractivity contribution in [2.45, 2.75) is 32.1 Å². The van der Waals surface area contributed by atoms with Crippen LogP contribution in [0, 0.1) is 10.1 Å². The molecule has 0 saturated carbocycles. The Labute approximate surface area is 189 Å². The molecule has 1 atom stereocenters. The zero-order valence-corrected chi connectivity index (χ0v) is 19.0. The van der Waals surface area contributed by atoms with E-state index >= 15 is 0 Å². The molecule has 0 aliphatic carbocycles. The van der Waals surface area contributed by atoms with E-state index in [4.69, 9.17) is 4.74 Å². The fourth-order valence-electron chi connectivity index (χ4n) is 4.17. The highest BCUT2D eigenvalue weighted by molar-refractivity contribution is 7.95. The molecule has 1 aromatic carbocycles. The van der Waals surface area contributed by atoms with Crippen molar-refractivity contribution in [3.63, 3.8) is 0 Å². The van der Waals surface area contributed by atoms with Gasteiger partial charge in [-0.05, 0) is 43.2 Å². The molecule has 2 aliphatic heterocycles. The lowest BCUT2D eigenvalue weighted by molar-refractivity contribution is -0.384. The molecule has 0 radical (unpaired) electrons. The molecule has 168 valence electrons. The number of nitrogens with zero attached hydrogens (tertiary/aromatic N) is 1. The van der Waals surface area contributed by atoms with Gasteiger partial charge in [0.15, 0.2) is 9.84 Å². The first-order valence-corrected chi connectivity index (χ1v) is 12.8. The number of benzene rings is 1. The van der Waals surface area contributed by atoms with Crippen LogP contribution in [0.4, 0.5) is 5.69 Å². The molecular weight excluding hydrogens is 452 g/mol. The van der Waals surface area contributed by atoms with Gasteiger partial charge in [-0.2, -0.15) is 0 Å². The number of non-ortho nitro benzene ring substituents is 1. The predicted molar refractivity (Wildman–Crippen MR) is 122 cm³/mol. The van der Waals surface area contributed by atoms with Gasteiger partial charge in [0.2, 0.25) is 0 Å². The summed E-state index contributed by atoms with van der Waals surface area (Å²) in [6.07, 6.45) is 1.69. The SMILES string of the molecule is CCOC(=O)C1=C(c2cccs2)NC2=C(C1c1cccc([N+](=O)[O-])c1)S(=O)(=O)CCCC2. The lowest BCUT2D eigenvalue weighted by atomic mass is 9.85. The molecule has 1 N–H and O–H groups in total. The number of allylic oxidation sites excluding steroid dienone is 2. The van der Waals surface area contributed by atoms with Crippen LogP contribution in [0.3, 0.4) is 0 Å². The maximum atomic E-state index is 13.4. The highest BCUT2D eigenvalue weighted by atomic mass is 32.2. The van der Waals surface area contributed by atoms with Gasteiger partial charge in [-0.1, -0.05) is 18.2 Å². The van der Waals surface area contributed by atoms with Crippen LogP contribution in [0.5, 0.6) is 0 Å². The first kappa shape index (κ1) is 22.2. The molecule has 10 heteroatoms. The monoisotopic (exact) mass is 474 g/mol. The second-order valence-electron chi connectivity index (χ2n) is 7.52. The Morgan fingerprint density at radius 3 is 2.78 bits per heavy atom. The third-order valence-electron chi connectivity index (χ3n) is 5.50. The quantitative estimate of drug-likeness (QED) is 0.393. The molecule has 2 aromatic rings. The van der Waals surface area contributed by atoms with Crippen molar-refractivity contribution < 1.29 is 22.9 Å². The fraction of sp³-hybridized carbons (Fsp3) is 0.318. The van der Waals surface area contributed by atoms with Crippen LogP contribution in [-0.2, 0) is 19.4 Å². The minimum atomic E-state index is -3.72. The maximum absolute atomic E-state index is 13.4. The zero-order valence-electron chi connectivity index (χ0n) is 17.4. The van der Waals surface area contributed by atoms with E-state index in [9.17, 15) is 23.3 Å². The van der Waals surface area contributed by atoms with Gasteiger partial charge in [-0.3, -0.25) is 10.1 Å². The van der Waals surface area contributed by atoms with E-state index in [0.717, 1.165) is 4.88 Å². The van der Waals surface area contributed by atoms with Crippen molar-refractivity contribution in [2.24, 2.45) is 0 Å². The average molecular weight is 475 g/mol. The normalized spacial score (nSPS) is 20.2. The Balaban J connectivity index is 2.03. The number of esters is 1. The Bertz CT molecular complexity index is 1230. The number of hydrogen-bond acceptors (Lipinski definition) is 8. The standard InChI is InChI=1S/C22H22N2O6S2/c1-2-30-22(25)19-18(14-7-5-8-15(13-14)24(26)27)21-16(9-3-4-12-32(21,28)29)23-20(19)17-10-6-11-31-17/h5-8,10-11,13,18,23H,2-4,9,12H2,1H3. The van der Waals surface area contributed by atoms with E-state index < -0.39 is 26.6 Å². The molecule has 0 saturated heterocycles. The smallest absolute Gasteiger partial charge is 0.337 e. The molecule has 1 unspecified atom stereocenters. The molecule has 0 fully saturated rings. The van der Waals surface area contributed by atoms with E-state index in [1.807, 2.05) is 17.5 Å². The van der Waals surface area contributed by atoms with Crippen LogP contribution in [0.25, 0.3) is 5.70 Å². The van der Waals surface area contributed by atoms with Crippen LogP contribution in [0.15, 0.2) is 58.0 Å². The van der Waals surface area contributed by atoms with E-state index in [0.29, 0.717) is 36.2 Å². The van der Waals surface area contributed by atoms with Gasteiger partial charge in [0, 0.05) is 17.8 Å². The zero-order chi connectivity index (χ0) is 22.9. The summed E-state index contributed by atoms with van der Waals surface area (Å²) in [5.41, 5.74) is 1.38. The summed E-state index contributed by atoms with van der Waals surface area (Å²) >= 11 is 1.41. The molecule has 4 rings (SSSR count). The topological polar surface area (TPSA) is 116 Å². The summed E-state index contributed by atoms with van der Waals surface area (Å²) in [7, 11) is -3.72. The molecule has 0 bridgehead atoms. The van der Waals surface area contributed by atoms with Crippen molar-refractivity contribution in [3.8, 4) is 0 Å². The van der Waals surface area contributed by atoms with Gasteiger partial charge in [0.25, 0.3) is 5.69 Å². The van der Waals surface area contributed by atoms with E-state index in [-0.39, 0.29) is 28.5 Å². The van der Waals surface area contributed by atoms with Crippen LogP contribution in [0.1, 0.15) is 42.5 Å². The molecule has 0 amide bonds. The second-order valence-corrected chi connectivity index (χ2v) is 10.5. The highest BCUT2D eigenvalue weighted by Crippen LogP contribution is 2.46. The van der Waals surface area contributed by atoms with Crippen LogP contribution in [-0.4, -0.2) is 31.7 Å². The summed E-state index contributed by atoms with van der Waals surface area (Å²) in [5.74, 6) is -1.68. The van der Waals surface area contributed by atoms with E-state index in [1.165, 1.54) is 29.5 Å². The van der Waals surface area contributed by atoms with Gasteiger partial charge in [-0.25, -0.2) is 13.2 Å². The number of carbonyl (C=O) groups is 1. The Hall–Kier alpha value is -2.98. The summed E-state index contributed by atoms with van der Waals surface area (Å²) in [5, 5.41) is 16.5. The third kappa shape index (κ3) is 4.07. The number of ether oxygens (including phenoxy) is 1. The van der Waals surface area contributed by atoms with Crippen LogP contribution < -0.4 is 5.32 Å². The van der Waals surface area contributed by atoms with Crippen LogP contribution in [0.2, 0.25) is 0 Å². The summed E-state index contributed by atoms with van der Waals surface area (Å²) in [6.45, 7) is 1.79. The van der Waals surface area contributed by atoms with Gasteiger partial charge in [0.05, 0.1) is 44.3 Å². The summed E-state index contributed by atoms with van der Waals surface area (Å²) in [6, 6.07) is 9.49. The molecular formula is C22H22N2O6S2. The number of rotatable bonds is 5. The Morgan fingerprint density at radius 1 is 1.28 bits per heavy atom. The number of dihydropyridines is 1. The van der Waals surface area contributed by atoms with Gasteiger partial charge < -0.3 is 10.1 Å². The van der Waals surface area contributed by atoms with Crippen LogP contribution >= 0.6 is 11.3 Å². The largest absolute Gasteiger partial charge is 0.463 e. The third-order valence-corrected chi connectivity index (χ3v) is 8.36. The first-order chi connectivity index (χ1) is 15.3. The number of sulfone groups is 1. The van der Waals surface area contributed by atoms with E-state index in [1.54, 1.807) is 13.0 Å². The molecule has 0 spiro atoms. The maximum Gasteiger partial charge on any atom is 0.337 e. The molecule has 8 nitrogen and oxygen atoms in total. The lowest BCUT2D eigenvalue weighted by Gasteiger charge is -2.32. The van der Waals surface area contributed by atoms with Crippen molar-refractivity contribution in [1.82, 2.24) is 5.32 Å². The molecule has 3 heterocycles. The number of hydrogen-bond donors (Lipinski definition) is 1. The number of carbonyl (C=O) groups excluding carboxylic acids is 1. The number of nitrogens with one attached hydrogen (secondary N) is 1. The number of thiophene rings is 1. The molecule has 1 aromatic heterocycles. The van der Waals surface area contributed by atoms with Gasteiger partial charge >= 0.3 is 5.97 Å². The van der Waals surface area contributed by atoms with Crippen molar-refractivity contribution in [1.29, 1.82) is 0 Å². The summed E-state index contributed by atoms with van der Waals surface area (Å²) in [4.78, 5) is 25.0. The molecule has 2 aliphatic rings. The predicted octanol–water partition coefficient (Wildman–Crippen LogP) is 4.13. The fourth-order valence-corrected chi connectivity index (χ4v) is 6.85. The highest BCUT2D eigenvalue weighted by Gasteiger charge is 2.43. The number of nitro groups is 1.